The Labute approximate surface area is 163 Å². The molecular formula is C22H21N3O3. The number of methoxy groups -OCH3 is 1. The van der Waals surface area contributed by atoms with E-state index in [1.807, 2.05) is 30.3 Å². The van der Waals surface area contributed by atoms with Crippen molar-refractivity contribution in [1.82, 2.24) is 4.98 Å². The van der Waals surface area contributed by atoms with Crippen LogP contribution >= 0.6 is 0 Å². The predicted octanol–water partition coefficient (Wildman–Crippen LogP) is 3.87. The summed E-state index contributed by atoms with van der Waals surface area (Å²) < 4.78 is 4.88. The van der Waals surface area contributed by atoms with Crippen LogP contribution in [0, 0.1) is 0 Å². The fourth-order valence-electron chi connectivity index (χ4n) is 3.47. The van der Waals surface area contributed by atoms with Crippen LogP contribution in [0.4, 0.5) is 11.5 Å². The van der Waals surface area contributed by atoms with Gasteiger partial charge < -0.3 is 15.0 Å². The van der Waals surface area contributed by atoms with Crippen molar-refractivity contribution >= 4 is 34.2 Å². The van der Waals surface area contributed by atoms with Gasteiger partial charge in [0, 0.05) is 19.3 Å². The molecule has 1 N–H and O–H groups in total. The normalized spacial score (nSPS) is 13.5. The molecule has 0 unspecified atom stereocenters. The Morgan fingerprint density at radius 1 is 1.04 bits per heavy atom. The molecule has 2 heterocycles. The average Bonchev–Trinajstić information content (AvgIpc) is 3.27. The lowest BCUT2D eigenvalue weighted by molar-refractivity contribution is 0.0602. The summed E-state index contributed by atoms with van der Waals surface area (Å²) in [6.45, 7) is 2.00. The molecule has 0 spiro atoms. The molecule has 4 rings (SSSR count). The molecule has 1 fully saturated rings. The lowest BCUT2D eigenvalue weighted by atomic mass is 10.0. The van der Waals surface area contributed by atoms with E-state index >= 15 is 0 Å². The summed E-state index contributed by atoms with van der Waals surface area (Å²) in [5.41, 5.74) is 1.17. The van der Waals surface area contributed by atoms with Crippen molar-refractivity contribution in [2.24, 2.45) is 0 Å². The summed E-state index contributed by atoms with van der Waals surface area (Å²) in [6, 6.07) is 14.8. The Morgan fingerprint density at radius 2 is 1.75 bits per heavy atom. The molecule has 1 aliphatic rings. The highest BCUT2D eigenvalue weighted by Gasteiger charge is 2.18. The third-order valence-corrected chi connectivity index (χ3v) is 4.98. The second-order valence-electron chi connectivity index (χ2n) is 6.79. The molecule has 0 bridgehead atoms. The summed E-state index contributed by atoms with van der Waals surface area (Å²) >= 11 is 0. The van der Waals surface area contributed by atoms with Crippen molar-refractivity contribution in [3.05, 3.63) is 65.9 Å². The average molecular weight is 375 g/mol. The van der Waals surface area contributed by atoms with Gasteiger partial charge in [0.25, 0.3) is 5.91 Å². The summed E-state index contributed by atoms with van der Waals surface area (Å²) in [5.74, 6) is 0.0690. The number of nitrogens with one attached hydrogen (secondary N) is 1. The summed E-state index contributed by atoms with van der Waals surface area (Å²) in [4.78, 5) is 31.6. The van der Waals surface area contributed by atoms with Gasteiger partial charge in [0.1, 0.15) is 5.82 Å². The fourth-order valence-corrected chi connectivity index (χ4v) is 3.47. The minimum atomic E-state index is -0.497. The van der Waals surface area contributed by atoms with Gasteiger partial charge in [-0.15, -0.1) is 0 Å². The van der Waals surface area contributed by atoms with E-state index < -0.39 is 5.97 Å². The first-order chi connectivity index (χ1) is 13.7. The fraction of sp³-hybridized carbons (Fsp3) is 0.227. The van der Waals surface area contributed by atoms with Gasteiger partial charge in [0.05, 0.1) is 23.9 Å². The smallest absolute Gasteiger partial charge is 0.339 e. The van der Waals surface area contributed by atoms with E-state index in [4.69, 9.17) is 4.74 Å². The number of anilines is 2. The number of carbonyl (C=O) groups is 2. The number of esters is 1. The van der Waals surface area contributed by atoms with E-state index in [-0.39, 0.29) is 5.91 Å². The number of fused-ring (bicyclic) bond motifs is 1. The molecule has 6 heteroatoms. The standard InChI is InChI=1S/C22H21N3O3/c1-28-22(27)18-12-15-6-2-3-7-16(15)13-19(18)24-21(26)17-8-9-20(23-14-17)25-10-4-5-11-25/h2-3,6-9,12-14H,4-5,10-11H2,1H3,(H,24,26). The van der Waals surface area contributed by atoms with Crippen molar-refractivity contribution in [2.75, 3.05) is 30.4 Å². The summed E-state index contributed by atoms with van der Waals surface area (Å²) in [6.07, 6.45) is 3.91. The Kier molecular flexibility index (Phi) is 4.93. The quantitative estimate of drug-likeness (QED) is 0.701. The molecule has 0 saturated carbocycles. The molecule has 1 amide bonds. The number of amides is 1. The Balaban J connectivity index is 1.61. The molecule has 28 heavy (non-hydrogen) atoms. The van der Waals surface area contributed by atoms with Gasteiger partial charge in [-0.05, 0) is 47.9 Å². The second kappa shape index (κ2) is 7.68. The first kappa shape index (κ1) is 18.0. The number of nitrogens with zero attached hydrogens (tertiary/aromatic N) is 2. The van der Waals surface area contributed by atoms with E-state index in [0.717, 1.165) is 29.7 Å². The van der Waals surface area contributed by atoms with Crippen LogP contribution in [0.3, 0.4) is 0 Å². The zero-order valence-electron chi connectivity index (χ0n) is 15.6. The number of aromatic nitrogens is 1. The number of pyridine rings is 1. The minimum Gasteiger partial charge on any atom is -0.465 e. The number of hydrogen-bond acceptors (Lipinski definition) is 5. The Hall–Kier alpha value is -3.41. The number of benzene rings is 2. The van der Waals surface area contributed by atoms with Gasteiger partial charge in [-0.3, -0.25) is 4.79 Å². The predicted molar refractivity (Wildman–Crippen MR) is 109 cm³/mol. The summed E-state index contributed by atoms with van der Waals surface area (Å²) in [7, 11) is 1.32. The van der Waals surface area contributed by atoms with E-state index in [2.05, 4.69) is 15.2 Å². The molecule has 142 valence electrons. The zero-order valence-corrected chi connectivity index (χ0v) is 15.6. The molecule has 1 aliphatic heterocycles. The maximum Gasteiger partial charge on any atom is 0.339 e. The highest BCUT2D eigenvalue weighted by Crippen LogP contribution is 2.26. The molecule has 3 aromatic rings. The van der Waals surface area contributed by atoms with Crippen molar-refractivity contribution in [3.8, 4) is 0 Å². The van der Waals surface area contributed by atoms with Gasteiger partial charge in [-0.2, -0.15) is 0 Å². The lowest BCUT2D eigenvalue weighted by Gasteiger charge is -2.16. The molecule has 1 saturated heterocycles. The van der Waals surface area contributed by atoms with Crippen LogP contribution in [-0.2, 0) is 4.74 Å². The van der Waals surface area contributed by atoms with Crippen molar-refractivity contribution in [3.63, 3.8) is 0 Å². The van der Waals surface area contributed by atoms with Crippen LogP contribution in [0.25, 0.3) is 10.8 Å². The van der Waals surface area contributed by atoms with Gasteiger partial charge in [-0.1, -0.05) is 24.3 Å². The van der Waals surface area contributed by atoms with Gasteiger partial charge >= 0.3 is 5.97 Å². The lowest BCUT2D eigenvalue weighted by Crippen LogP contribution is -2.20. The molecule has 2 aromatic carbocycles. The Morgan fingerprint density at radius 3 is 2.39 bits per heavy atom. The van der Waals surface area contributed by atoms with Crippen LogP contribution in [-0.4, -0.2) is 37.1 Å². The van der Waals surface area contributed by atoms with Gasteiger partial charge in [0.15, 0.2) is 0 Å². The van der Waals surface area contributed by atoms with Crippen LogP contribution in [0.5, 0.6) is 0 Å². The zero-order chi connectivity index (χ0) is 19.5. The first-order valence-corrected chi connectivity index (χ1v) is 9.29. The maximum absolute atomic E-state index is 12.7. The second-order valence-corrected chi connectivity index (χ2v) is 6.79. The van der Waals surface area contributed by atoms with Crippen LogP contribution < -0.4 is 10.2 Å². The highest BCUT2D eigenvalue weighted by molar-refractivity contribution is 6.10. The molecule has 0 radical (unpaired) electrons. The number of ether oxygens (including phenoxy) is 1. The van der Waals surface area contributed by atoms with E-state index in [1.54, 1.807) is 24.4 Å². The first-order valence-electron chi connectivity index (χ1n) is 9.29. The molecule has 6 nitrogen and oxygen atoms in total. The van der Waals surface area contributed by atoms with Crippen molar-refractivity contribution in [2.45, 2.75) is 12.8 Å². The largest absolute Gasteiger partial charge is 0.465 e. The monoisotopic (exact) mass is 375 g/mol. The summed E-state index contributed by atoms with van der Waals surface area (Å²) in [5, 5.41) is 4.65. The third-order valence-electron chi connectivity index (χ3n) is 4.98. The molecule has 0 aliphatic carbocycles. The minimum absolute atomic E-state index is 0.316. The van der Waals surface area contributed by atoms with Crippen molar-refractivity contribution < 1.29 is 14.3 Å². The van der Waals surface area contributed by atoms with Gasteiger partial charge in [0.2, 0.25) is 0 Å². The molecule has 0 atom stereocenters. The number of rotatable bonds is 4. The van der Waals surface area contributed by atoms with Crippen LogP contribution in [0.15, 0.2) is 54.7 Å². The van der Waals surface area contributed by atoms with E-state index in [9.17, 15) is 9.59 Å². The molecular weight excluding hydrogens is 354 g/mol. The Bertz CT molecular complexity index is 1020. The van der Waals surface area contributed by atoms with Crippen molar-refractivity contribution in [1.29, 1.82) is 0 Å². The van der Waals surface area contributed by atoms with Crippen LogP contribution in [0.2, 0.25) is 0 Å². The maximum atomic E-state index is 12.7. The van der Waals surface area contributed by atoms with E-state index in [0.29, 0.717) is 16.8 Å². The van der Waals surface area contributed by atoms with Gasteiger partial charge in [-0.25, -0.2) is 9.78 Å². The van der Waals surface area contributed by atoms with E-state index in [1.165, 1.54) is 20.0 Å². The molecule has 1 aromatic heterocycles. The van der Waals surface area contributed by atoms with Crippen LogP contribution in [0.1, 0.15) is 33.6 Å². The third kappa shape index (κ3) is 3.53. The SMILES string of the molecule is COC(=O)c1cc2ccccc2cc1NC(=O)c1ccc(N2CCCC2)nc1. The topological polar surface area (TPSA) is 71.5 Å². The number of hydrogen-bond donors (Lipinski definition) is 1. The highest BCUT2D eigenvalue weighted by atomic mass is 16.5. The number of carbonyl (C=O) groups excluding carboxylic acids is 2.